The van der Waals surface area contributed by atoms with Gasteiger partial charge in [0.1, 0.15) is 5.75 Å². The van der Waals surface area contributed by atoms with E-state index >= 15 is 0 Å². The zero-order valence-electron chi connectivity index (χ0n) is 10.6. The van der Waals surface area contributed by atoms with Crippen LogP contribution in [0.3, 0.4) is 0 Å². The zero-order valence-corrected chi connectivity index (χ0v) is 11.4. The first-order valence-electron chi connectivity index (χ1n) is 5.81. The molecule has 0 aliphatic carbocycles. The Morgan fingerprint density at radius 2 is 2.16 bits per heavy atom. The number of amides is 1. The number of nitrogens with zero attached hydrogens (tertiary/aromatic N) is 1. The van der Waals surface area contributed by atoms with Gasteiger partial charge in [-0.3, -0.25) is 4.79 Å². The molecule has 0 spiro atoms. The second kappa shape index (κ2) is 6.19. The molecule has 2 aromatic rings. The quantitative estimate of drug-likeness (QED) is 0.872. The fourth-order valence-corrected chi connectivity index (χ4v) is 2.18. The van der Waals surface area contributed by atoms with Gasteiger partial charge in [-0.2, -0.15) is 0 Å². The van der Waals surface area contributed by atoms with Gasteiger partial charge in [0, 0.05) is 23.9 Å². The Bertz CT molecular complexity index is 551. The third kappa shape index (κ3) is 3.69. The lowest BCUT2D eigenvalue weighted by Crippen LogP contribution is -2.25. The molecule has 0 bridgehead atoms. The summed E-state index contributed by atoms with van der Waals surface area (Å²) in [5, 5.41) is 5.29. The Kier molecular flexibility index (Phi) is 4.35. The summed E-state index contributed by atoms with van der Waals surface area (Å²) in [6, 6.07) is 6.98. The highest BCUT2D eigenvalue weighted by Crippen LogP contribution is 2.12. The molecule has 19 heavy (non-hydrogen) atoms. The first-order chi connectivity index (χ1) is 9.19. The van der Waals surface area contributed by atoms with Crippen LogP contribution in [0.2, 0.25) is 0 Å². The van der Waals surface area contributed by atoms with E-state index in [0.717, 1.165) is 11.4 Å². The van der Waals surface area contributed by atoms with Crippen molar-refractivity contribution in [2.45, 2.75) is 6.42 Å². The van der Waals surface area contributed by atoms with Gasteiger partial charge in [-0.15, -0.1) is 11.3 Å². The highest BCUT2D eigenvalue weighted by molar-refractivity contribution is 7.13. The van der Waals surface area contributed by atoms with Crippen LogP contribution in [0.4, 0.5) is 5.13 Å². The van der Waals surface area contributed by atoms with Crippen molar-refractivity contribution < 1.29 is 9.53 Å². The summed E-state index contributed by atoms with van der Waals surface area (Å²) in [5.41, 5.74) is 7.05. The number of ether oxygens (including phenoxy) is 1. The highest BCUT2D eigenvalue weighted by Gasteiger charge is 2.05. The molecule has 0 unspecified atom stereocenters. The lowest BCUT2D eigenvalue weighted by Gasteiger charge is -2.05. The smallest absolute Gasteiger partial charge is 0.251 e. The molecule has 3 N–H and O–H groups in total. The van der Waals surface area contributed by atoms with Gasteiger partial charge in [0.15, 0.2) is 5.13 Å². The molecule has 0 fully saturated rings. The minimum absolute atomic E-state index is 0.106. The number of rotatable bonds is 5. The van der Waals surface area contributed by atoms with E-state index in [4.69, 9.17) is 10.5 Å². The number of carbonyl (C=O) groups is 1. The van der Waals surface area contributed by atoms with Crippen LogP contribution in [-0.4, -0.2) is 24.5 Å². The number of benzene rings is 1. The van der Waals surface area contributed by atoms with Crippen LogP contribution in [0.5, 0.6) is 5.75 Å². The van der Waals surface area contributed by atoms with Gasteiger partial charge in [-0.1, -0.05) is 0 Å². The van der Waals surface area contributed by atoms with Crippen molar-refractivity contribution >= 4 is 22.4 Å². The molecule has 1 aromatic carbocycles. The highest BCUT2D eigenvalue weighted by atomic mass is 32.1. The van der Waals surface area contributed by atoms with Crippen molar-refractivity contribution in [3.8, 4) is 5.75 Å². The standard InChI is InChI=1S/C13H15N3O2S/c1-18-11-4-2-9(3-5-11)12(17)15-7-6-10-8-19-13(14)16-10/h2-5,8H,6-7H2,1H3,(H2,14,16)(H,15,17). The van der Waals surface area contributed by atoms with Crippen molar-refractivity contribution in [2.75, 3.05) is 19.4 Å². The van der Waals surface area contributed by atoms with Crippen molar-refractivity contribution in [3.63, 3.8) is 0 Å². The summed E-state index contributed by atoms with van der Waals surface area (Å²) in [6.07, 6.45) is 0.676. The zero-order chi connectivity index (χ0) is 13.7. The fraction of sp³-hybridized carbons (Fsp3) is 0.231. The molecular weight excluding hydrogens is 262 g/mol. The van der Waals surface area contributed by atoms with Gasteiger partial charge >= 0.3 is 0 Å². The Morgan fingerprint density at radius 1 is 1.42 bits per heavy atom. The van der Waals surface area contributed by atoms with Gasteiger partial charge in [0.2, 0.25) is 0 Å². The minimum Gasteiger partial charge on any atom is -0.497 e. The van der Waals surface area contributed by atoms with Gasteiger partial charge in [-0.25, -0.2) is 4.98 Å². The summed E-state index contributed by atoms with van der Waals surface area (Å²) >= 11 is 1.40. The van der Waals surface area contributed by atoms with Gasteiger partial charge in [0.25, 0.3) is 5.91 Å². The van der Waals surface area contributed by atoms with E-state index in [1.54, 1.807) is 31.4 Å². The summed E-state index contributed by atoms with van der Waals surface area (Å²) in [5.74, 6) is 0.625. The third-order valence-corrected chi connectivity index (χ3v) is 3.31. The van der Waals surface area contributed by atoms with Crippen molar-refractivity contribution in [3.05, 3.63) is 40.9 Å². The van der Waals surface area contributed by atoms with Crippen LogP contribution in [0, 0.1) is 0 Å². The largest absolute Gasteiger partial charge is 0.497 e. The topological polar surface area (TPSA) is 77.2 Å². The number of thiazole rings is 1. The summed E-state index contributed by atoms with van der Waals surface area (Å²) in [6.45, 7) is 0.536. The Morgan fingerprint density at radius 3 is 2.74 bits per heavy atom. The maximum absolute atomic E-state index is 11.8. The van der Waals surface area contributed by atoms with Gasteiger partial charge < -0.3 is 15.8 Å². The molecule has 1 amide bonds. The fourth-order valence-electron chi connectivity index (χ4n) is 1.59. The number of hydrogen-bond acceptors (Lipinski definition) is 5. The van der Waals surface area contributed by atoms with E-state index in [9.17, 15) is 4.79 Å². The number of hydrogen-bond donors (Lipinski definition) is 2. The molecule has 1 heterocycles. The number of anilines is 1. The predicted octanol–water partition coefficient (Wildman–Crippen LogP) is 1.71. The molecule has 0 atom stereocenters. The maximum atomic E-state index is 11.8. The number of nitrogen functional groups attached to an aromatic ring is 1. The van der Waals surface area contributed by atoms with Crippen molar-refractivity contribution in [2.24, 2.45) is 0 Å². The first-order valence-corrected chi connectivity index (χ1v) is 6.69. The molecule has 0 aliphatic heterocycles. The van der Waals surface area contributed by atoms with E-state index in [0.29, 0.717) is 23.7 Å². The number of carbonyl (C=O) groups excluding carboxylic acids is 1. The minimum atomic E-state index is -0.106. The van der Waals surface area contributed by atoms with E-state index in [2.05, 4.69) is 10.3 Å². The van der Waals surface area contributed by atoms with Crippen molar-refractivity contribution in [1.82, 2.24) is 10.3 Å². The SMILES string of the molecule is COc1ccc(C(=O)NCCc2csc(N)n2)cc1. The number of methoxy groups -OCH3 is 1. The number of nitrogens with one attached hydrogen (secondary N) is 1. The molecular formula is C13H15N3O2S. The predicted molar refractivity (Wildman–Crippen MR) is 75.6 cm³/mol. The normalized spacial score (nSPS) is 10.2. The van der Waals surface area contributed by atoms with Crippen LogP contribution in [0.1, 0.15) is 16.1 Å². The number of aromatic nitrogens is 1. The van der Waals surface area contributed by atoms with E-state index < -0.39 is 0 Å². The molecule has 0 radical (unpaired) electrons. The summed E-state index contributed by atoms with van der Waals surface area (Å²) in [7, 11) is 1.59. The van der Waals surface area contributed by atoms with E-state index in [-0.39, 0.29) is 5.91 Å². The molecule has 1 aromatic heterocycles. The lowest BCUT2D eigenvalue weighted by atomic mass is 10.2. The Hall–Kier alpha value is -2.08. The van der Waals surface area contributed by atoms with Crippen molar-refractivity contribution in [1.29, 1.82) is 0 Å². The molecule has 5 nitrogen and oxygen atoms in total. The average Bonchev–Trinajstić information content (AvgIpc) is 2.84. The molecule has 6 heteroatoms. The van der Waals surface area contributed by atoms with E-state index in [1.807, 2.05) is 5.38 Å². The lowest BCUT2D eigenvalue weighted by molar-refractivity contribution is 0.0954. The molecule has 0 saturated carbocycles. The first kappa shape index (κ1) is 13.4. The monoisotopic (exact) mass is 277 g/mol. The molecule has 0 aliphatic rings. The van der Waals surface area contributed by atoms with Gasteiger partial charge in [-0.05, 0) is 24.3 Å². The van der Waals surface area contributed by atoms with Crippen LogP contribution < -0.4 is 15.8 Å². The second-order valence-electron chi connectivity index (χ2n) is 3.91. The average molecular weight is 277 g/mol. The second-order valence-corrected chi connectivity index (χ2v) is 4.80. The van der Waals surface area contributed by atoms with Crippen LogP contribution in [0.25, 0.3) is 0 Å². The summed E-state index contributed by atoms with van der Waals surface area (Å²) < 4.78 is 5.04. The maximum Gasteiger partial charge on any atom is 0.251 e. The number of nitrogens with two attached hydrogens (primary N) is 1. The van der Waals surface area contributed by atoms with Crippen LogP contribution in [-0.2, 0) is 6.42 Å². The Balaban J connectivity index is 1.83. The van der Waals surface area contributed by atoms with Crippen LogP contribution >= 0.6 is 11.3 Å². The molecule has 100 valence electrons. The third-order valence-electron chi connectivity index (χ3n) is 2.59. The van der Waals surface area contributed by atoms with E-state index in [1.165, 1.54) is 11.3 Å². The molecule has 2 rings (SSSR count). The van der Waals surface area contributed by atoms with Crippen LogP contribution in [0.15, 0.2) is 29.6 Å². The Labute approximate surface area is 115 Å². The molecule has 0 saturated heterocycles. The summed E-state index contributed by atoms with van der Waals surface area (Å²) in [4.78, 5) is 16.0. The van der Waals surface area contributed by atoms with Gasteiger partial charge in [0.05, 0.1) is 12.8 Å².